The van der Waals surface area contributed by atoms with Crippen molar-refractivity contribution in [3.05, 3.63) is 35.4 Å². The van der Waals surface area contributed by atoms with E-state index in [1.54, 1.807) is 0 Å². The predicted molar refractivity (Wildman–Crippen MR) is 52.3 cm³/mol. The molecule has 0 amide bonds. The molecule has 0 aromatic heterocycles. The monoisotopic (exact) mass is 220 g/mol. The van der Waals surface area contributed by atoms with Crippen LogP contribution in [0, 0.1) is 11.6 Å². The van der Waals surface area contributed by atoms with Gasteiger partial charge in [-0.3, -0.25) is 0 Å². The summed E-state index contributed by atoms with van der Waals surface area (Å²) in [7, 11) is 0. The molecule has 1 fully saturated rings. The van der Waals surface area contributed by atoms with E-state index in [2.05, 4.69) is 5.32 Å². The number of nitrogens with one attached hydrogen (secondary N) is 1. The molecule has 0 radical (unpaired) electrons. The van der Waals surface area contributed by atoms with Crippen molar-refractivity contribution < 1.29 is 8.78 Å². The van der Waals surface area contributed by atoms with Gasteiger partial charge in [-0.1, -0.05) is 12.1 Å². The molecule has 1 saturated heterocycles. The quantitative estimate of drug-likeness (QED) is 0.745. The van der Waals surface area contributed by atoms with Gasteiger partial charge in [-0.25, -0.2) is 8.78 Å². The fourth-order valence-corrected chi connectivity index (χ4v) is 1.47. The van der Waals surface area contributed by atoms with Gasteiger partial charge in [-0.2, -0.15) is 0 Å². The highest BCUT2D eigenvalue weighted by atomic mass is 35.5. The number of hydrogen-bond donors (Lipinski definition) is 2. The molecule has 0 aliphatic carbocycles. The van der Waals surface area contributed by atoms with Crippen LogP contribution in [0.4, 0.5) is 8.78 Å². The molecule has 0 atom stereocenters. The summed E-state index contributed by atoms with van der Waals surface area (Å²) in [6.45, 7) is 0.987. The second kappa shape index (κ2) is 3.81. The van der Waals surface area contributed by atoms with Crippen molar-refractivity contribution in [2.45, 2.75) is 5.54 Å². The van der Waals surface area contributed by atoms with E-state index < -0.39 is 17.2 Å². The van der Waals surface area contributed by atoms with E-state index in [4.69, 9.17) is 5.73 Å². The first kappa shape index (κ1) is 11.4. The normalized spacial score (nSPS) is 18.2. The van der Waals surface area contributed by atoms with Crippen molar-refractivity contribution in [2.75, 3.05) is 13.1 Å². The lowest BCUT2D eigenvalue weighted by atomic mass is 9.85. The van der Waals surface area contributed by atoms with Crippen molar-refractivity contribution in [2.24, 2.45) is 5.73 Å². The van der Waals surface area contributed by atoms with Crippen LogP contribution in [-0.2, 0) is 5.54 Å². The van der Waals surface area contributed by atoms with E-state index in [1.165, 1.54) is 12.1 Å². The van der Waals surface area contributed by atoms with Crippen LogP contribution in [0.2, 0.25) is 0 Å². The van der Waals surface area contributed by atoms with Gasteiger partial charge in [0.25, 0.3) is 0 Å². The maximum atomic E-state index is 13.2. The molecule has 0 saturated carbocycles. The number of benzene rings is 1. The maximum absolute atomic E-state index is 13.2. The molecular weight excluding hydrogens is 210 g/mol. The second-order valence-corrected chi connectivity index (χ2v) is 3.36. The summed E-state index contributed by atoms with van der Waals surface area (Å²) < 4.78 is 26.1. The van der Waals surface area contributed by atoms with E-state index in [1.807, 2.05) is 0 Å². The molecule has 1 aromatic carbocycles. The summed E-state index contributed by atoms with van der Waals surface area (Å²) in [5.74, 6) is -1.67. The number of halogens is 3. The second-order valence-electron chi connectivity index (χ2n) is 3.36. The molecule has 1 aliphatic heterocycles. The minimum absolute atomic E-state index is 0. The highest BCUT2D eigenvalue weighted by molar-refractivity contribution is 5.85. The maximum Gasteiger partial charge on any atom is 0.163 e. The average molecular weight is 221 g/mol. The van der Waals surface area contributed by atoms with Crippen LogP contribution in [0.5, 0.6) is 0 Å². The van der Waals surface area contributed by atoms with E-state index in [-0.39, 0.29) is 18.0 Å². The standard InChI is InChI=1S/C9H10F2N2.ClH/c10-7-3-1-2-6(8(7)11)9(12)4-13-5-9;/h1-3,13H,4-5,12H2;1H. The van der Waals surface area contributed by atoms with Crippen molar-refractivity contribution in [1.29, 1.82) is 0 Å². The molecule has 0 spiro atoms. The van der Waals surface area contributed by atoms with Gasteiger partial charge in [0, 0.05) is 18.7 Å². The van der Waals surface area contributed by atoms with Gasteiger partial charge in [0.05, 0.1) is 5.54 Å². The van der Waals surface area contributed by atoms with E-state index in [0.29, 0.717) is 13.1 Å². The molecule has 1 aliphatic rings. The van der Waals surface area contributed by atoms with Crippen molar-refractivity contribution in [1.82, 2.24) is 5.32 Å². The molecule has 5 heteroatoms. The zero-order valence-electron chi connectivity index (χ0n) is 7.39. The molecule has 2 rings (SSSR count). The summed E-state index contributed by atoms with van der Waals surface area (Å²) >= 11 is 0. The van der Waals surface area contributed by atoms with Gasteiger partial charge in [-0.15, -0.1) is 12.4 Å². The molecule has 0 unspecified atom stereocenters. The Hall–Kier alpha value is -0.710. The van der Waals surface area contributed by atoms with Crippen LogP contribution in [0.15, 0.2) is 18.2 Å². The Balaban J connectivity index is 0.000000980. The first-order valence-electron chi connectivity index (χ1n) is 4.07. The summed E-state index contributed by atoms with van der Waals surface area (Å²) in [5.41, 5.74) is 5.35. The third kappa shape index (κ3) is 1.61. The summed E-state index contributed by atoms with van der Waals surface area (Å²) in [6, 6.07) is 4.09. The lowest BCUT2D eigenvalue weighted by Crippen LogP contribution is -2.63. The van der Waals surface area contributed by atoms with Gasteiger partial charge >= 0.3 is 0 Å². The van der Waals surface area contributed by atoms with Gasteiger partial charge in [0.1, 0.15) is 0 Å². The van der Waals surface area contributed by atoms with Crippen LogP contribution >= 0.6 is 12.4 Å². The minimum Gasteiger partial charge on any atom is -0.319 e. The van der Waals surface area contributed by atoms with Gasteiger partial charge in [0.15, 0.2) is 11.6 Å². The molecule has 1 heterocycles. The Morgan fingerprint density at radius 3 is 2.43 bits per heavy atom. The Morgan fingerprint density at radius 2 is 1.93 bits per heavy atom. The van der Waals surface area contributed by atoms with Crippen molar-refractivity contribution >= 4 is 12.4 Å². The summed E-state index contributed by atoms with van der Waals surface area (Å²) in [5, 5.41) is 2.93. The van der Waals surface area contributed by atoms with Crippen LogP contribution < -0.4 is 11.1 Å². The van der Waals surface area contributed by atoms with Crippen LogP contribution in [-0.4, -0.2) is 13.1 Å². The van der Waals surface area contributed by atoms with E-state index in [0.717, 1.165) is 6.07 Å². The Kier molecular flexibility index (Phi) is 3.09. The van der Waals surface area contributed by atoms with Gasteiger partial charge in [-0.05, 0) is 6.07 Å². The van der Waals surface area contributed by atoms with Crippen LogP contribution in [0.3, 0.4) is 0 Å². The first-order valence-corrected chi connectivity index (χ1v) is 4.07. The van der Waals surface area contributed by atoms with Crippen LogP contribution in [0.25, 0.3) is 0 Å². The summed E-state index contributed by atoms with van der Waals surface area (Å²) in [6.07, 6.45) is 0. The molecule has 2 nitrogen and oxygen atoms in total. The van der Waals surface area contributed by atoms with Crippen LogP contribution in [0.1, 0.15) is 5.56 Å². The van der Waals surface area contributed by atoms with E-state index in [9.17, 15) is 8.78 Å². The average Bonchev–Trinajstić information content (AvgIpc) is 2.06. The molecule has 3 N–H and O–H groups in total. The van der Waals surface area contributed by atoms with Gasteiger partial charge in [0.2, 0.25) is 0 Å². The predicted octanol–water partition coefficient (Wildman–Crippen LogP) is 1.14. The molecule has 1 aromatic rings. The highest BCUT2D eigenvalue weighted by Gasteiger charge is 2.37. The Bertz CT molecular complexity index is 340. The molecular formula is C9H11ClF2N2. The smallest absolute Gasteiger partial charge is 0.163 e. The Labute approximate surface area is 86.9 Å². The molecule has 0 bridgehead atoms. The van der Waals surface area contributed by atoms with Crippen molar-refractivity contribution in [3.63, 3.8) is 0 Å². The first-order chi connectivity index (χ1) is 6.13. The van der Waals surface area contributed by atoms with E-state index >= 15 is 0 Å². The Morgan fingerprint density at radius 1 is 1.29 bits per heavy atom. The zero-order valence-corrected chi connectivity index (χ0v) is 8.20. The largest absolute Gasteiger partial charge is 0.319 e. The lowest BCUT2D eigenvalue weighted by Gasteiger charge is -2.39. The van der Waals surface area contributed by atoms with Gasteiger partial charge < -0.3 is 11.1 Å². The third-order valence-electron chi connectivity index (χ3n) is 2.37. The molecule has 78 valence electrons. The SMILES string of the molecule is Cl.NC1(c2cccc(F)c2F)CNC1. The zero-order chi connectivity index (χ0) is 9.47. The topological polar surface area (TPSA) is 38.0 Å². The number of nitrogens with two attached hydrogens (primary N) is 1. The fraction of sp³-hybridized carbons (Fsp3) is 0.333. The number of rotatable bonds is 1. The van der Waals surface area contributed by atoms with Crippen molar-refractivity contribution in [3.8, 4) is 0 Å². The highest BCUT2D eigenvalue weighted by Crippen LogP contribution is 2.25. The fourth-order valence-electron chi connectivity index (χ4n) is 1.47. The number of hydrogen-bond acceptors (Lipinski definition) is 2. The minimum atomic E-state index is -0.839. The molecule has 14 heavy (non-hydrogen) atoms. The lowest BCUT2D eigenvalue weighted by molar-refractivity contribution is 0.274. The summed E-state index contributed by atoms with van der Waals surface area (Å²) in [4.78, 5) is 0. The third-order valence-corrected chi connectivity index (χ3v) is 2.37.